The summed E-state index contributed by atoms with van der Waals surface area (Å²) >= 11 is 1.69. The lowest BCUT2D eigenvalue weighted by Crippen LogP contribution is -2.49. The van der Waals surface area contributed by atoms with Gasteiger partial charge in [-0.3, -0.25) is 4.90 Å². The minimum atomic E-state index is 0.0195. The number of carbonyl (C=O) groups is 1. The molecule has 0 saturated carbocycles. The average molecular weight is 311 g/mol. The molecule has 2 rings (SSSR count). The number of urea groups is 1. The van der Waals surface area contributed by atoms with Gasteiger partial charge in [0.15, 0.2) is 0 Å². The van der Waals surface area contributed by atoms with E-state index in [1.807, 2.05) is 23.3 Å². The molecule has 0 bridgehead atoms. The molecule has 0 radical (unpaired) electrons. The van der Waals surface area contributed by atoms with Crippen LogP contribution >= 0.6 is 11.3 Å². The lowest BCUT2D eigenvalue weighted by molar-refractivity contribution is 0.0206. The predicted molar refractivity (Wildman–Crippen MR) is 85.7 cm³/mol. The summed E-state index contributed by atoms with van der Waals surface area (Å²) in [7, 11) is 0. The number of ether oxygens (including phenoxy) is 1. The van der Waals surface area contributed by atoms with Crippen LogP contribution in [0.4, 0.5) is 4.79 Å². The Morgan fingerprint density at radius 2 is 2.29 bits per heavy atom. The summed E-state index contributed by atoms with van der Waals surface area (Å²) in [5.41, 5.74) is 0. The highest BCUT2D eigenvalue weighted by atomic mass is 32.1. The first-order valence-corrected chi connectivity index (χ1v) is 8.45. The lowest BCUT2D eigenvalue weighted by atomic mass is 10.2. The molecule has 1 N–H and O–H groups in total. The van der Waals surface area contributed by atoms with E-state index in [1.54, 1.807) is 11.3 Å². The van der Waals surface area contributed by atoms with Gasteiger partial charge in [-0.15, -0.1) is 11.3 Å². The number of nitrogens with one attached hydrogen (secondary N) is 1. The summed E-state index contributed by atoms with van der Waals surface area (Å²) in [4.78, 5) is 17.7. The fourth-order valence-corrected chi connectivity index (χ4v) is 3.13. The molecule has 6 heteroatoms. The van der Waals surface area contributed by atoms with Crippen molar-refractivity contribution in [3.63, 3.8) is 0 Å². The van der Waals surface area contributed by atoms with E-state index in [0.717, 1.165) is 32.8 Å². The molecule has 118 valence electrons. The summed E-state index contributed by atoms with van der Waals surface area (Å²) in [5.74, 6) is 0. The van der Waals surface area contributed by atoms with E-state index >= 15 is 0 Å². The van der Waals surface area contributed by atoms with Crippen molar-refractivity contribution in [2.24, 2.45) is 0 Å². The first kappa shape index (κ1) is 16.3. The van der Waals surface area contributed by atoms with Crippen LogP contribution in [-0.2, 0) is 11.3 Å². The van der Waals surface area contributed by atoms with Crippen molar-refractivity contribution >= 4 is 17.4 Å². The number of amides is 2. The summed E-state index contributed by atoms with van der Waals surface area (Å²) in [5, 5.41) is 5.10. The van der Waals surface area contributed by atoms with Gasteiger partial charge in [0.1, 0.15) is 0 Å². The molecule has 1 aliphatic rings. The molecule has 5 nitrogen and oxygen atoms in total. The number of nitrogens with zero attached hydrogens (tertiary/aromatic N) is 2. The van der Waals surface area contributed by atoms with Gasteiger partial charge < -0.3 is 15.0 Å². The van der Waals surface area contributed by atoms with Crippen molar-refractivity contribution in [2.45, 2.75) is 26.4 Å². The molecule has 0 aliphatic carbocycles. The van der Waals surface area contributed by atoms with Crippen molar-refractivity contribution < 1.29 is 9.53 Å². The van der Waals surface area contributed by atoms with E-state index in [0.29, 0.717) is 19.1 Å². The van der Waals surface area contributed by atoms with Gasteiger partial charge in [-0.25, -0.2) is 4.79 Å². The minimum Gasteiger partial charge on any atom is -0.379 e. The third kappa shape index (κ3) is 4.98. The minimum absolute atomic E-state index is 0.0195. The maximum atomic E-state index is 12.3. The van der Waals surface area contributed by atoms with Gasteiger partial charge in [-0.1, -0.05) is 6.07 Å². The number of morpholine rings is 1. The van der Waals surface area contributed by atoms with E-state index in [-0.39, 0.29) is 6.03 Å². The number of hydrogen-bond acceptors (Lipinski definition) is 4. The molecule has 1 aromatic heterocycles. The maximum Gasteiger partial charge on any atom is 0.317 e. The number of hydrogen-bond donors (Lipinski definition) is 1. The molecule has 21 heavy (non-hydrogen) atoms. The van der Waals surface area contributed by atoms with Crippen LogP contribution in [0.25, 0.3) is 0 Å². The fourth-order valence-electron chi connectivity index (χ4n) is 2.41. The zero-order valence-electron chi connectivity index (χ0n) is 12.9. The average Bonchev–Trinajstić information content (AvgIpc) is 3.03. The molecule has 2 heterocycles. The second kappa shape index (κ2) is 8.36. The molecule has 1 atom stereocenters. The van der Waals surface area contributed by atoms with Gasteiger partial charge in [-0.05, 0) is 25.3 Å². The Bertz CT molecular complexity index is 419. The van der Waals surface area contributed by atoms with Crippen molar-refractivity contribution in [1.29, 1.82) is 0 Å². The number of carbonyl (C=O) groups excluding carboxylic acids is 1. The molecular formula is C15H25N3O2S. The van der Waals surface area contributed by atoms with Gasteiger partial charge in [0.25, 0.3) is 0 Å². The zero-order valence-corrected chi connectivity index (χ0v) is 13.7. The van der Waals surface area contributed by atoms with Crippen LogP contribution in [0.2, 0.25) is 0 Å². The van der Waals surface area contributed by atoms with Gasteiger partial charge >= 0.3 is 6.03 Å². The van der Waals surface area contributed by atoms with Gasteiger partial charge in [-0.2, -0.15) is 0 Å². The number of thiophene rings is 1. The van der Waals surface area contributed by atoms with E-state index in [1.165, 1.54) is 4.88 Å². The van der Waals surface area contributed by atoms with Crippen molar-refractivity contribution in [1.82, 2.24) is 15.1 Å². The van der Waals surface area contributed by atoms with Gasteiger partial charge in [0.05, 0.1) is 19.8 Å². The van der Waals surface area contributed by atoms with E-state index < -0.39 is 0 Å². The van der Waals surface area contributed by atoms with E-state index in [4.69, 9.17) is 4.74 Å². The smallest absolute Gasteiger partial charge is 0.317 e. The molecule has 1 fully saturated rings. The molecule has 0 spiro atoms. The second-order valence-electron chi connectivity index (χ2n) is 5.28. The predicted octanol–water partition coefficient (Wildman–Crippen LogP) is 2.00. The Kier molecular flexibility index (Phi) is 6.48. The maximum absolute atomic E-state index is 12.3. The largest absolute Gasteiger partial charge is 0.379 e. The lowest BCUT2D eigenvalue weighted by Gasteiger charge is -2.32. The summed E-state index contributed by atoms with van der Waals surface area (Å²) in [6.07, 6.45) is 0. The topological polar surface area (TPSA) is 44.8 Å². The van der Waals surface area contributed by atoms with Crippen molar-refractivity contribution in [2.75, 3.05) is 39.4 Å². The Hall–Kier alpha value is -1.11. The standard InChI is InChI=1S/C15H25N3O2S/c1-3-17(12-14-5-4-10-21-14)15(19)16-11-13(2)18-6-8-20-9-7-18/h4-5,10,13H,3,6-9,11-12H2,1-2H3,(H,16,19). The number of rotatable bonds is 6. The van der Waals surface area contributed by atoms with Crippen LogP contribution in [0.5, 0.6) is 0 Å². The quantitative estimate of drug-likeness (QED) is 0.874. The second-order valence-corrected chi connectivity index (χ2v) is 6.31. The normalized spacial score (nSPS) is 17.4. The van der Waals surface area contributed by atoms with Crippen LogP contribution in [0.3, 0.4) is 0 Å². The summed E-state index contributed by atoms with van der Waals surface area (Å²) in [6.45, 7) is 9.73. The van der Waals surface area contributed by atoms with Crippen LogP contribution in [-0.4, -0.2) is 61.3 Å². The molecule has 1 saturated heterocycles. The SMILES string of the molecule is CCN(Cc1cccs1)C(=O)NCC(C)N1CCOCC1. The molecular weight excluding hydrogens is 286 g/mol. The monoisotopic (exact) mass is 311 g/mol. The van der Waals surface area contributed by atoms with Gasteiger partial charge in [0, 0.05) is 37.1 Å². The van der Waals surface area contributed by atoms with E-state index in [9.17, 15) is 4.79 Å². The van der Waals surface area contributed by atoms with Crippen molar-refractivity contribution in [3.05, 3.63) is 22.4 Å². The Balaban J connectivity index is 1.76. The third-order valence-electron chi connectivity index (χ3n) is 3.81. The zero-order chi connectivity index (χ0) is 15.1. The molecule has 1 aromatic rings. The van der Waals surface area contributed by atoms with Gasteiger partial charge in [0.2, 0.25) is 0 Å². The molecule has 1 aliphatic heterocycles. The Morgan fingerprint density at radius 3 is 2.90 bits per heavy atom. The molecule has 2 amide bonds. The van der Waals surface area contributed by atoms with Crippen LogP contribution in [0, 0.1) is 0 Å². The van der Waals surface area contributed by atoms with Crippen molar-refractivity contribution in [3.8, 4) is 0 Å². The first-order valence-electron chi connectivity index (χ1n) is 7.57. The molecule has 0 aromatic carbocycles. The van der Waals surface area contributed by atoms with Crippen LogP contribution in [0.1, 0.15) is 18.7 Å². The highest BCUT2D eigenvalue weighted by molar-refractivity contribution is 7.09. The summed E-state index contributed by atoms with van der Waals surface area (Å²) in [6, 6.07) is 4.45. The van der Waals surface area contributed by atoms with Crippen LogP contribution in [0.15, 0.2) is 17.5 Å². The summed E-state index contributed by atoms with van der Waals surface area (Å²) < 4.78 is 5.35. The first-order chi connectivity index (χ1) is 10.2. The Labute approximate surface area is 130 Å². The molecule has 1 unspecified atom stereocenters. The van der Waals surface area contributed by atoms with E-state index in [2.05, 4.69) is 23.2 Å². The Morgan fingerprint density at radius 1 is 1.52 bits per heavy atom. The highest BCUT2D eigenvalue weighted by Crippen LogP contribution is 2.11. The highest BCUT2D eigenvalue weighted by Gasteiger charge is 2.19. The van der Waals surface area contributed by atoms with Crippen LogP contribution < -0.4 is 5.32 Å². The fraction of sp³-hybridized carbons (Fsp3) is 0.667. The third-order valence-corrected chi connectivity index (χ3v) is 4.67.